The predicted octanol–water partition coefficient (Wildman–Crippen LogP) is 4.20. The van der Waals surface area contributed by atoms with Crippen molar-refractivity contribution in [3.63, 3.8) is 0 Å². The molecule has 0 fully saturated rings. The quantitative estimate of drug-likeness (QED) is 0.834. The van der Waals surface area contributed by atoms with E-state index in [0.717, 1.165) is 11.3 Å². The van der Waals surface area contributed by atoms with E-state index in [1.807, 2.05) is 38.1 Å². The van der Waals surface area contributed by atoms with E-state index in [-0.39, 0.29) is 23.8 Å². The van der Waals surface area contributed by atoms with Gasteiger partial charge >= 0.3 is 0 Å². The topological polar surface area (TPSA) is 50.4 Å². The number of amides is 1. The lowest BCUT2D eigenvalue weighted by molar-refractivity contribution is -0.114. The summed E-state index contributed by atoms with van der Waals surface area (Å²) in [6, 6.07) is 12.1. The maximum absolute atomic E-state index is 14.2. The van der Waals surface area contributed by atoms with Crippen molar-refractivity contribution in [2.24, 2.45) is 0 Å². The second kappa shape index (κ2) is 7.93. The number of benzene rings is 2. The fourth-order valence-corrected chi connectivity index (χ4v) is 2.76. The molecule has 0 heterocycles. The van der Waals surface area contributed by atoms with Gasteiger partial charge in [-0.05, 0) is 43.7 Å². The molecule has 0 aliphatic carbocycles. The Hall–Kier alpha value is -2.40. The van der Waals surface area contributed by atoms with Crippen molar-refractivity contribution in [1.82, 2.24) is 5.32 Å². The van der Waals surface area contributed by atoms with Crippen LogP contribution in [0.1, 0.15) is 44.0 Å². The molecule has 0 bridgehead atoms. The van der Waals surface area contributed by atoms with Gasteiger partial charge in [-0.25, -0.2) is 4.39 Å². The van der Waals surface area contributed by atoms with Crippen LogP contribution in [0.15, 0.2) is 42.5 Å². The molecular formula is C19H23FN2O2. The van der Waals surface area contributed by atoms with Crippen LogP contribution in [0.4, 0.5) is 10.1 Å². The van der Waals surface area contributed by atoms with Gasteiger partial charge in [-0.2, -0.15) is 0 Å². The molecule has 2 rings (SSSR count). The zero-order chi connectivity index (χ0) is 17.7. The molecule has 0 radical (unpaired) electrons. The van der Waals surface area contributed by atoms with Crippen LogP contribution in [0, 0.1) is 5.82 Å². The minimum atomic E-state index is -0.298. The Morgan fingerprint density at radius 3 is 2.50 bits per heavy atom. The highest BCUT2D eigenvalue weighted by Gasteiger charge is 2.18. The third-order valence-electron chi connectivity index (χ3n) is 3.87. The highest BCUT2D eigenvalue weighted by molar-refractivity contribution is 5.88. The molecule has 4 nitrogen and oxygen atoms in total. The molecule has 2 N–H and O–H groups in total. The number of carbonyl (C=O) groups excluding carboxylic acids is 1. The van der Waals surface area contributed by atoms with E-state index in [1.54, 1.807) is 12.1 Å². The standard InChI is InChI=1S/C19H23FN2O2/c1-12(15-7-5-8-16(11-15)22-14(3)23)21-13(2)19-17(20)9-6-10-18(19)24-4/h5-13,21H,1-4H3,(H,22,23)/t12-,13+/m1/s1. The number of anilines is 1. The summed E-state index contributed by atoms with van der Waals surface area (Å²) < 4.78 is 19.5. The summed E-state index contributed by atoms with van der Waals surface area (Å²) in [5.74, 6) is 0.111. The van der Waals surface area contributed by atoms with Gasteiger partial charge in [-0.1, -0.05) is 18.2 Å². The zero-order valence-corrected chi connectivity index (χ0v) is 14.4. The third kappa shape index (κ3) is 4.32. The summed E-state index contributed by atoms with van der Waals surface area (Å²) in [6.07, 6.45) is 0. The van der Waals surface area contributed by atoms with Crippen molar-refractivity contribution >= 4 is 11.6 Å². The molecule has 0 aliphatic heterocycles. The first kappa shape index (κ1) is 17.9. The molecule has 2 aromatic rings. The molecule has 5 heteroatoms. The summed E-state index contributed by atoms with van der Waals surface area (Å²) >= 11 is 0. The Morgan fingerprint density at radius 2 is 1.83 bits per heavy atom. The average Bonchev–Trinajstić information content (AvgIpc) is 2.53. The lowest BCUT2D eigenvalue weighted by Gasteiger charge is -2.23. The number of nitrogens with one attached hydrogen (secondary N) is 2. The second-order valence-corrected chi connectivity index (χ2v) is 5.77. The fraction of sp³-hybridized carbons (Fsp3) is 0.316. The lowest BCUT2D eigenvalue weighted by Crippen LogP contribution is -2.24. The van der Waals surface area contributed by atoms with Gasteiger partial charge in [0.1, 0.15) is 11.6 Å². The van der Waals surface area contributed by atoms with Crippen LogP contribution in [0.5, 0.6) is 5.75 Å². The molecule has 0 aromatic heterocycles. The Morgan fingerprint density at radius 1 is 1.12 bits per heavy atom. The van der Waals surface area contributed by atoms with Crippen LogP contribution in [0.25, 0.3) is 0 Å². The van der Waals surface area contributed by atoms with Gasteiger partial charge < -0.3 is 15.4 Å². The number of ether oxygens (including phenoxy) is 1. The summed E-state index contributed by atoms with van der Waals surface area (Å²) in [6.45, 7) is 5.37. The van der Waals surface area contributed by atoms with Crippen molar-refractivity contribution in [3.05, 3.63) is 59.4 Å². The Labute approximate surface area is 142 Å². The predicted molar refractivity (Wildman–Crippen MR) is 93.7 cm³/mol. The van der Waals surface area contributed by atoms with Gasteiger partial charge in [0.15, 0.2) is 0 Å². The number of hydrogen-bond donors (Lipinski definition) is 2. The van der Waals surface area contributed by atoms with Crippen LogP contribution >= 0.6 is 0 Å². The van der Waals surface area contributed by atoms with E-state index in [9.17, 15) is 9.18 Å². The van der Waals surface area contributed by atoms with E-state index in [0.29, 0.717) is 11.3 Å². The van der Waals surface area contributed by atoms with Crippen LogP contribution in [0.3, 0.4) is 0 Å². The van der Waals surface area contributed by atoms with E-state index in [2.05, 4.69) is 10.6 Å². The molecule has 0 spiro atoms. The fourth-order valence-electron chi connectivity index (χ4n) is 2.76. The minimum Gasteiger partial charge on any atom is -0.496 e. The molecule has 0 saturated heterocycles. The third-order valence-corrected chi connectivity index (χ3v) is 3.87. The van der Waals surface area contributed by atoms with Crippen molar-refractivity contribution in [2.45, 2.75) is 32.9 Å². The van der Waals surface area contributed by atoms with Gasteiger partial charge in [0.05, 0.1) is 7.11 Å². The highest BCUT2D eigenvalue weighted by Crippen LogP contribution is 2.29. The first-order valence-corrected chi connectivity index (χ1v) is 7.88. The normalized spacial score (nSPS) is 13.2. The smallest absolute Gasteiger partial charge is 0.221 e. The minimum absolute atomic E-state index is 0.0296. The summed E-state index contributed by atoms with van der Waals surface area (Å²) in [5.41, 5.74) is 2.25. The Kier molecular flexibility index (Phi) is 5.93. The molecule has 24 heavy (non-hydrogen) atoms. The summed E-state index contributed by atoms with van der Waals surface area (Å²) in [5, 5.41) is 6.14. The van der Waals surface area contributed by atoms with Gasteiger partial charge in [0, 0.05) is 30.3 Å². The van der Waals surface area contributed by atoms with E-state index < -0.39 is 0 Å². The first-order chi connectivity index (χ1) is 11.4. The zero-order valence-electron chi connectivity index (χ0n) is 14.4. The summed E-state index contributed by atoms with van der Waals surface area (Å²) in [7, 11) is 1.53. The monoisotopic (exact) mass is 330 g/mol. The van der Waals surface area contributed by atoms with Crippen LogP contribution in [-0.2, 0) is 4.79 Å². The second-order valence-electron chi connectivity index (χ2n) is 5.77. The average molecular weight is 330 g/mol. The number of hydrogen-bond acceptors (Lipinski definition) is 3. The first-order valence-electron chi connectivity index (χ1n) is 7.88. The van der Waals surface area contributed by atoms with Crippen molar-refractivity contribution < 1.29 is 13.9 Å². The van der Waals surface area contributed by atoms with E-state index in [4.69, 9.17) is 4.74 Å². The van der Waals surface area contributed by atoms with Crippen molar-refractivity contribution in [3.8, 4) is 5.75 Å². The molecule has 0 saturated carbocycles. The maximum Gasteiger partial charge on any atom is 0.221 e. The molecule has 2 atom stereocenters. The molecule has 0 unspecified atom stereocenters. The summed E-state index contributed by atoms with van der Waals surface area (Å²) in [4.78, 5) is 11.2. The molecule has 128 valence electrons. The van der Waals surface area contributed by atoms with Gasteiger partial charge in [-0.3, -0.25) is 4.79 Å². The van der Waals surface area contributed by atoms with E-state index in [1.165, 1.54) is 20.1 Å². The molecule has 1 amide bonds. The number of methoxy groups -OCH3 is 1. The maximum atomic E-state index is 14.2. The SMILES string of the molecule is COc1cccc(F)c1[C@H](C)N[C@H](C)c1cccc(NC(C)=O)c1. The van der Waals surface area contributed by atoms with Gasteiger partial charge in [0.25, 0.3) is 0 Å². The molecule has 0 aliphatic rings. The Balaban J connectivity index is 2.17. The van der Waals surface area contributed by atoms with Gasteiger partial charge in [0.2, 0.25) is 5.91 Å². The number of carbonyl (C=O) groups is 1. The molecular weight excluding hydrogens is 307 g/mol. The van der Waals surface area contributed by atoms with Crippen LogP contribution in [-0.4, -0.2) is 13.0 Å². The van der Waals surface area contributed by atoms with Crippen molar-refractivity contribution in [1.29, 1.82) is 0 Å². The highest BCUT2D eigenvalue weighted by atomic mass is 19.1. The number of halogens is 1. The largest absolute Gasteiger partial charge is 0.496 e. The lowest BCUT2D eigenvalue weighted by atomic mass is 10.0. The number of rotatable bonds is 6. The Bertz CT molecular complexity index is 718. The van der Waals surface area contributed by atoms with Crippen LogP contribution in [0.2, 0.25) is 0 Å². The van der Waals surface area contributed by atoms with Crippen LogP contribution < -0.4 is 15.4 Å². The molecule has 2 aromatic carbocycles. The van der Waals surface area contributed by atoms with E-state index >= 15 is 0 Å². The van der Waals surface area contributed by atoms with Crippen molar-refractivity contribution in [2.75, 3.05) is 12.4 Å². The van der Waals surface area contributed by atoms with Gasteiger partial charge in [-0.15, -0.1) is 0 Å².